The maximum absolute atomic E-state index is 12.1. The normalized spacial score (nSPS) is 14.6. The molecule has 7 nitrogen and oxygen atoms in total. The van der Waals surface area contributed by atoms with E-state index in [9.17, 15) is 9.59 Å². The van der Waals surface area contributed by atoms with Crippen molar-refractivity contribution in [3.05, 3.63) is 23.8 Å². The van der Waals surface area contributed by atoms with Crippen LogP contribution in [0.15, 0.2) is 18.2 Å². The zero-order valence-electron chi connectivity index (χ0n) is 11.8. The molecule has 0 saturated carbocycles. The number of fused-ring (bicyclic) bond motifs is 1. The van der Waals surface area contributed by atoms with Crippen LogP contribution in [0.5, 0.6) is 11.5 Å². The third-order valence-electron chi connectivity index (χ3n) is 2.79. The van der Waals surface area contributed by atoms with Crippen molar-refractivity contribution in [1.29, 1.82) is 0 Å². The fourth-order valence-electron chi connectivity index (χ4n) is 1.85. The standard InChI is InChI=1S/C14H16O7/c1-3-18-12(16)14(13(17)19-4-2)20-10-6-5-9(8-15)7-11(10)21-14/h5-7,15H,3-4,8H2,1-2H3. The van der Waals surface area contributed by atoms with Crippen molar-refractivity contribution in [2.45, 2.75) is 26.2 Å². The van der Waals surface area contributed by atoms with E-state index >= 15 is 0 Å². The second-order valence-electron chi connectivity index (χ2n) is 4.20. The van der Waals surface area contributed by atoms with E-state index in [2.05, 4.69) is 0 Å². The van der Waals surface area contributed by atoms with Crippen molar-refractivity contribution in [1.82, 2.24) is 0 Å². The Balaban J connectivity index is 2.36. The average molecular weight is 296 g/mol. The molecule has 0 amide bonds. The van der Waals surface area contributed by atoms with Gasteiger partial charge in [-0.1, -0.05) is 6.07 Å². The van der Waals surface area contributed by atoms with Gasteiger partial charge < -0.3 is 24.1 Å². The van der Waals surface area contributed by atoms with E-state index in [1.165, 1.54) is 12.1 Å². The summed E-state index contributed by atoms with van der Waals surface area (Å²) in [4.78, 5) is 24.2. The van der Waals surface area contributed by atoms with Crippen molar-refractivity contribution in [2.75, 3.05) is 13.2 Å². The van der Waals surface area contributed by atoms with Gasteiger partial charge in [0, 0.05) is 0 Å². The quantitative estimate of drug-likeness (QED) is 0.634. The number of rotatable bonds is 5. The van der Waals surface area contributed by atoms with Gasteiger partial charge in [-0.3, -0.25) is 0 Å². The van der Waals surface area contributed by atoms with E-state index in [0.717, 1.165) is 0 Å². The van der Waals surface area contributed by atoms with Crippen molar-refractivity contribution in [3.8, 4) is 11.5 Å². The van der Waals surface area contributed by atoms with E-state index < -0.39 is 17.7 Å². The number of carbonyl (C=O) groups is 2. The number of benzene rings is 1. The number of hydrogen-bond donors (Lipinski definition) is 1. The minimum absolute atomic E-state index is 0.0605. The molecule has 7 heteroatoms. The fraction of sp³-hybridized carbons (Fsp3) is 0.429. The summed E-state index contributed by atoms with van der Waals surface area (Å²) in [5, 5.41) is 9.11. The summed E-state index contributed by atoms with van der Waals surface area (Å²) in [6.07, 6.45) is 0. The van der Waals surface area contributed by atoms with Gasteiger partial charge in [-0.15, -0.1) is 0 Å². The summed E-state index contributed by atoms with van der Waals surface area (Å²) >= 11 is 0. The van der Waals surface area contributed by atoms with Gasteiger partial charge >= 0.3 is 17.7 Å². The first-order chi connectivity index (χ1) is 10.1. The molecule has 0 atom stereocenters. The summed E-state index contributed by atoms with van der Waals surface area (Å²) in [7, 11) is 0. The molecule has 1 aliphatic rings. The summed E-state index contributed by atoms with van der Waals surface area (Å²) in [5.41, 5.74) is 0.556. The second-order valence-corrected chi connectivity index (χ2v) is 4.20. The second kappa shape index (κ2) is 6.01. The van der Waals surface area contributed by atoms with Crippen molar-refractivity contribution in [3.63, 3.8) is 0 Å². The van der Waals surface area contributed by atoms with E-state index in [-0.39, 0.29) is 31.3 Å². The predicted octanol–water partition coefficient (Wildman–Crippen LogP) is 0.773. The third kappa shape index (κ3) is 2.64. The first-order valence-electron chi connectivity index (χ1n) is 6.53. The zero-order valence-corrected chi connectivity index (χ0v) is 11.8. The Morgan fingerprint density at radius 2 is 1.67 bits per heavy atom. The van der Waals surface area contributed by atoms with Gasteiger partial charge in [0.25, 0.3) is 0 Å². The molecule has 1 N–H and O–H groups in total. The fourth-order valence-corrected chi connectivity index (χ4v) is 1.85. The molecule has 1 aromatic rings. The molecule has 2 rings (SSSR count). The summed E-state index contributed by atoms with van der Waals surface area (Å²) < 4.78 is 20.4. The highest BCUT2D eigenvalue weighted by atomic mass is 16.8. The molecular formula is C14H16O7. The molecule has 0 aromatic heterocycles. The lowest BCUT2D eigenvalue weighted by Crippen LogP contribution is -2.55. The lowest BCUT2D eigenvalue weighted by atomic mass is 10.2. The molecule has 0 bridgehead atoms. The van der Waals surface area contributed by atoms with Crippen LogP contribution in [0, 0.1) is 0 Å². The Morgan fingerprint density at radius 1 is 1.10 bits per heavy atom. The van der Waals surface area contributed by atoms with Gasteiger partial charge in [-0.05, 0) is 31.5 Å². The Hall–Kier alpha value is -2.28. The summed E-state index contributed by atoms with van der Waals surface area (Å²) in [6, 6.07) is 4.57. The number of aliphatic hydroxyl groups is 1. The van der Waals surface area contributed by atoms with Gasteiger partial charge in [0.15, 0.2) is 11.5 Å². The van der Waals surface area contributed by atoms with E-state index in [4.69, 9.17) is 24.1 Å². The highest BCUT2D eigenvalue weighted by Gasteiger charge is 2.59. The van der Waals surface area contributed by atoms with Gasteiger partial charge in [0.2, 0.25) is 0 Å². The lowest BCUT2D eigenvalue weighted by molar-refractivity contribution is -0.202. The predicted molar refractivity (Wildman–Crippen MR) is 69.6 cm³/mol. The molecule has 114 valence electrons. The molecule has 21 heavy (non-hydrogen) atoms. The first-order valence-corrected chi connectivity index (χ1v) is 6.53. The number of esters is 2. The minimum atomic E-state index is -2.29. The zero-order chi connectivity index (χ0) is 15.5. The molecule has 0 fully saturated rings. The van der Waals surface area contributed by atoms with Crippen LogP contribution in [-0.4, -0.2) is 36.0 Å². The maximum Gasteiger partial charge on any atom is 0.453 e. The molecule has 0 spiro atoms. The number of carbonyl (C=O) groups excluding carboxylic acids is 2. The number of aliphatic hydroxyl groups excluding tert-OH is 1. The van der Waals surface area contributed by atoms with Gasteiger partial charge in [-0.25, -0.2) is 9.59 Å². The molecule has 1 aliphatic heterocycles. The van der Waals surface area contributed by atoms with E-state index in [1.54, 1.807) is 19.9 Å². The van der Waals surface area contributed by atoms with Crippen LogP contribution < -0.4 is 9.47 Å². The first kappa shape index (κ1) is 15.1. The number of ether oxygens (including phenoxy) is 4. The maximum atomic E-state index is 12.1. The van der Waals surface area contributed by atoms with Crippen molar-refractivity contribution in [2.24, 2.45) is 0 Å². The Bertz CT molecular complexity index is 534. The summed E-state index contributed by atoms with van der Waals surface area (Å²) in [6.45, 7) is 3.11. The van der Waals surface area contributed by atoms with Crippen LogP contribution >= 0.6 is 0 Å². The average Bonchev–Trinajstić information content (AvgIpc) is 2.87. The Morgan fingerprint density at radius 3 is 2.19 bits per heavy atom. The van der Waals surface area contributed by atoms with Crippen LogP contribution in [0.4, 0.5) is 0 Å². The number of hydrogen-bond acceptors (Lipinski definition) is 7. The largest absolute Gasteiger partial charge is 0.460 e. The summed E-state index contributed by atoms with van der Waals surface area (Å²) in [5.74, 6) is -3.88. The molecule has 1 aromatic carbocycles. The van der Waals surface area contributed by atoms with E-state index in [1.807, 2.05) is 0 Å². The molecule has 0 radical (unpaired) electrons. The lowest BCUT2D eigenvalue weighted by Gasteiger charge is -2.22. The Kier molecular flexibility index (Phi) is 4.32. The van der Waals surface area contributed by atoms with Crippen molar-refractivity contribution >= 4 is 11.9 Å². The van der Waals surface area contributed by atoms with Crippen LogP contribution in [0.2, 0.25) is 0 Å². The van der Waals surface area contributed by atoms with Gasteiger partial charge in [0.1, 0.15) is 0 Å². The monoisotopic (exact) mass is 296 g/mol. The molecule has 0 unspecified atom stereocenters. The molecule has 0 aliphatic carbocycles. The van der Waals surface area contributed by atoms with Crippen LogP contribution in [0.1, 0.15) is 19.4 Å². The molecule has 1 heterocycles. The highest BCUT2D eigenvalue weighted by Crippen LogP contribution is 2.41. The van der Waals surface area contributed by atoms with Gasteiger partial charge in [-0.2, -0.15) is 0 Å². The molecule has 0 saturated heterocycles. The van der Waals surface area contributed by atoms with Crippen LogP contribution in [-0.2, 0) is 25.7 Å². The van der Waals surface area contributed by atoms with E-state index in [0.29, 0.717) is 5.56 Å². The minimum Gasteiger partial charge on any atom is -0.460 e. The van der Waals surface area contributed by atoms with Crippen molar-refractivity contribution < 1.29 is 33.6 Å². The Labute approximate surface area is 121 Å². The topological polar surface area (TPSA) is 91.3 Å². The van der Waals surface area contributed by atoms with Crippen LogP contribution in [0.25, 0.3) is 0 Å². The van der Waals surface area contributed by atoms with Gasteiger partial charge in [0.05, 0.1) is 19.8 Å². The third-order valence-corrected chi connectivity index (χ3v) is 2.79. The SMILES string of the molecule is CCOC(=O)C1(C(=O)OCC)Oc2ccc(CO)cc2O1. The van der Waals surface area contributed by atoms with Crippen LogP contribution in [0.3, 0.4) is 0 Å². The smallest absolute Gasteiger partial charge is 0.453 e. The molecular weight excluding hydrogens is 280 g/mol. The highest BCUT2D eigenvalue weighted by molar-refractivity contribution is 6.03.